The van der Waals surface area contributed by atoms with Crippen molar-refractivity contribution in [2.45, 2.75) is 26.5 Å². The molecule has 2 rings (SSSR count). The van der Waals surface area contributed by atoms with Crippen LogP contribution in [0.15, 0.2) is 30.5 Å². The summed E-state index contributed by atoms with van der Waals surface area (Å²) in [4.78, 5) is 0. The summed E-state index contributed by atoms with van der Waals surface area (Å²) in [5, 5.41) is 7.53. The molecule has 1 unspecified atom stereocenters. The second-order valence-electron chi connectivity index (χ2n) is 4.80. The highest BCUT2D eigenvalue weighted by atomic mass is 16.5. The van der Waals surface area contributed by atoms with Crippen LogP contribution >= 0.6 is 0 Å². The highest BCUT2D eigenvalue weighted by molar-refractivity contribution is 5.37. The number of rotatable bonds is 5. The van der Waals surface area contributed by atoms with Crippen LogP contribution in [0.25, 0.3) is 0 Å². The topological polar surface area (TPSA) is 39.1 Å². The zero-order valence-electron chi connectivity index (χ0n) is 12.0. The minimum absolute atomic E-state index is 0.351. The maximum Gasteiger partial charge on any atom is 0.132 e. The molecule has 0 aliphatic rings. The van der Waals surface area contributed by atoms with Gasteiger partial charge in [-0.25, -0.2) is 0 Å². The van der Waals surface area contributed by atoms with Crippen molar-refractivity contribution in [3.63, 3.8) is 0 Å². The Morgan fingerprint density at radius 3 is 2.74 bits per heavy atom. The molecule has 0 saturated heterocycles. The molecule has 0 radical (unpaired) electrons. The first kappa shape index (κ1) is 13.6. The van der Waals surface area contributed by atoms with Crippen LogP contribution in [0, 0.1) is 6.92 Å². The third-order valence-electron chi connectivity index (χ3n) is 3.28. The Morgan fingerprint density at radius 1 is 1.37 bits per heavy atom. The van der Waals surface area contributed by atoms with E-state index in [0.717, 1.165) is 17.0 Å². The molecule has 102 valence electrons. The first-order valence-electron chi connectivity index (χ1n) is 6.49. The van der Waals surface area contributed by atoms with Gasteiger partial charge in [0, 0.05) is 19.3 Å². The lowest BCUT2D eigenvalue weighted by atomic mass is 10.1. The predicted octanol–water partition coefficient (Wildman–Crippen LogP) is 2.59. The van der Waals surface area contributed by atoms with Gasteiger partial charge in [0.1, 0.15) is 12.4 Å². The van der Waals surface area contributed by atoms with Gasteiger partial charge in [0.15, 0.2) is 0 Å². The fourth-order valence-electron chi connectivity index (χ4n) is 1.96. The van der Waals surface area contributed by atoms with Gasteiger partial charge in [-0.05, 0) is 44.2 Å². The maximum atomic E-state index is 5.81. The molecule has 0 amide bonds. The third kappa shape index (κ3) is 3.35. The summed E-state index contributed by atoms with van der Waals surface area (Å²) in [6.07, 6.45) is 1.92. The van der Waals surface area contributed by atoms with E-state index in [9.17, 15) is 0 Å². The summed E-state index contributed by atoms with van der Waals surface area (Å²) in [5.41, 5.74) is 3.36. The Hall–Kier alpha value is -1.81. The van der Waals surface area contributed by atoms with Gasteiger partial charge in [0.05, 0.1) is 5.69 Å². The largest absolute Gasteiger partial charge is 0.487 e. The zero-order valence-corrected chi connectivity index (χ0v) is 12.0. The van der Waals surface area contributed by atoms with E-state index in [2.05, 4.69) is 36.4 Å². The van der Waals surface area contributed by atoms with Gasteiger partial charge in [0.2, 0.25) is 0 Å². The SMILES string of the molecule is CNC(C)c1ccc(OCc2ccn(C)n2)c(C)c1. The predicted molar refractivity (Wildman–Crippen MR) is 76.2 cm³/mol. The van der Waals surface area contributed by atoms with Crippen molar-refractivity contribution in [1.29, 1.82) is 0 Å². The van der Waals surface area contributed by atoms with Crippen molar-refractivity contribution in [3.8, 4) is 5.75 Å². The van der Waals surface area contributed by atoms with Crippen molar-refractivity contribution in [2.75, 3.05) is 7.05 Å². The van der Waals surface area contributed by atoms with Gasteiger partial charge >= 0.3 is 0 Å². The number of ether oxygens (including phenoxy) is 1. The number of aryl methyl sites for hydroxylation is 2. The Bertz CT molecular complexity index is 548. The molecule has 1 atom stereocenters. The first-order chi connectivity index (χ1) is 9.10. The van der Waals surface area contributed by atoms with Crippen molar-refractivity contribution < 1.29 is 4.74 Å². The lowest BCUT2D eigenvalue weighted by Crippen LogP contribution is -2.12. The molecule has 0 aliphatic heterocycles. The lowest BCUT2D eigenvalue weighted by molar-refractivity contribution is 0.298. The summed E-state index contributed by atoms with van der Waals surface area (Å²) in [5.74, 6) is 0.915. The van der Waals surface area contributed by atoms with Crippen LogP contribution in [0.1, 0.15) is 29.8 Å². The second kappa shape index (κ2) is 5.89. The average Bonchev–Trinajstić information content (AvgIpc) is 2.82. The van der Waals surface area contributed by atoms with Crippen LogP contribution in [-0.4, -0.2) is 16.8 Å². The standard InChI is InChI=1S/C15H21N3O/c1-11-9-13(12(2)16-3)5-6-15(11)19-10-14-7-8-18(4)17-14/h5-9,12,16H,10H2,1-4H3. The van der Waals surface area contributed by atoms with Crippen LogP contribution in [0.5, 0.6) is 5.75 Å². The van der Waals surface area contributed by atoms with Crippen molar-refractivity contribution >= 4 is 0 Å². The van der Waals surface area contributed by atoms with E-state index in [1.165, 1.54) is 5.56 Å². The lowest BCUT2D eigenvalue weighted by Gasteiger charge is -2.14. The second-order valence-corrected chi connectivity index (χ2v) is 4.80. The third-order valence-corrected chi connectivity index (χ3v) is 3.28. The molecule has 4 heteroatoms. The van der Waals surface area contributed by atoms with E-state index in [0.29, 0.717) is 12.6 Å². The zero-order chi connectivity index (χ0) is 13.8. The summed E-state index contributed by atoms with van der Waals surface area (Å²) in [7, 11) is 3.87. The average molecular weight is 259 g/mol. The summed E-state index contributed by atoms with van der Waals surface area (Å²) in [6.45, 7) is 4.71. The molecule has 1 aromatic heterocycles. The maximum absolute atomic E-state index is 5.81. The minimum Gasteiger partial charge on any atom is -0.487 e. The van der Waals surface area contributed by atoms with Crippen molar-refractivity contribution in [2.24, 2.45) is 7.05 Å². The van der Waals surface area contributed by atoms with Gasteiger partial charge in [-0.3, -0.25) is 4.68 Å². The van der Waals surface area contributed by atoms with Crippen LogP contribution in [0.3, 0.4) is 0 Å². The fourth-order valence-corrected chi connectivity index (χ4v) is 1.96. The van der Waals surface area contributed by atoms with Crippen LogP contribution in [0.4, 0.5) is 0 Å². The summed E-state index contributed by atoms with van der Waals surface area (Å²) in [6, 6.07) is 8.61. The molecule has 0 aliphatic carbocycles. The smallest absolute Gasteiger partial charge is 0.132 e. The van der Waals surface area contributed by atoms with Gasteiger partial charge in [0.25, 0.3) is 0 Å². The quantitative estimate of drug-likeness (QED) is 0.897. The van der Waals surface area contributed by atoms with E-state index in [1.807, 2.05) is 32.4 Å². The summed E-state index contributed by atoms with van der Waals surface area (Å²) < 4.78 is 7.59. The first-order valence-corrected chi connectivity index (χ1v) is 6.49. The Labute approximate surface area is 114 Å². The molecule has 1 heterocycles. The van der Waals surface area contributed by atoms with Crippen LogP contribution in [-0.2, 0) is 13.7 Å². The molecule has 4 nitrogen and oxygen atoms in total. The van der Waals surface area contributed by atoms with Crippen molar-refractivity contribution in [1.82, 2.24) is 15.1 Å². The molecular formula is C15H21N3O. The van der Waals surface area contributed by atoms with Gasteiger partial charge in [-0.1, -0.05) is 12.1 Å². The molecule has 0 fully saturated rings. The fraction of sp³-hybridized carbons (Fsp3) is 0.400. The number of aromatic nitrogens is 2. The van der Waals surface area contributed by atoms with Crippen LogP contribution < -0.4 is 10.1 Å². The van der Waals surface area contributed by atoms with Crippen LogP contribution in [0.2, 0.25) is 0 Å². The highest BCUT2D eigenvalue weighted by Crippen LogP contribution is 2.23. The molecule has 0 saturated carbocycles. The molecule has 1 N–H and O–H groups in total. The van der Waals surface area contributed by atoms with Gasteiger partial charge in [-0.2, -0.15) is 5.10 Å². The van der Waals surface area contributed by atoms with Gasteiger partial charge < -0.3 is 10.1 Å². The number of hydrogen-bond acceptors (Lipinski definition) is 3. The van der Waals surface area contributed by atoms with E-state index in [-0.39, 0.29) is 0 Å². The molecular weight excluding hydrogens is 238 g/mol. The van der Waals surface area contributed by atoms with Crippen molar-refractivity contribution in [3.05, 3.63) is 47.3 Å². The number of nitrogens with zero attached hydrogens (tertiary/aromatic N) is 2. The highest BCUT2D eigenvalue weighted by Gasteiger charge is 2.06. The molecule has 1 aromatic carbocycles. The Balaban J connectivity index is 2.05. The molecule has 0 spiro atoms. The normalized spacial score (nSPS) is 12.4. The van der Waals surface area contributed by atoms with E-state index in [1.54, 1.807) is 4.68 Å². The Kier molecular flexibility index (Phi) is 4.22. The summed E-state index contributed by atoms with van der Waals surface area (Å²) >= 11 is 0. The van der Waals surface area contributed by atoms with E-state index in [4.69, 9.17) is 4.74 Å². The van der Waals surface area contributed by atoms with E-state index < -0.39 is 0 Å². The molecule has 2 aromatic rings. The molecule has 0 bridgehead atoms. The Morgan fingerprint density at radius 2 is 2.16 bits per heavy atom. The monoisotopic (exact) mass is 259 g/mol. The van der Waals surface area contributed by atoms with Gasteiger partial charge in [-0.15, -0.1) is 0 Å². The molecule has 19 heavy (non-hydrogen) atoms. The van der Waals surface area contributed by atoms with E-state index >= 15 is 0 Å². The number of nitrogens with one attached hydrogen (secondary N) is 1. The minimum atomic E-state index is 0.351. The number of benzene rings is 1. The number of hydrogen-bond donors (Lipinski definition) is 1.